The summed E-state index contributed by atoms with van der Waals surface area (Å²) < 4.78 is 4.59. The van der Waals surface area contributed by atoms with Crippen LogP contribution in [0.4, 0.5) is 0 Å². The van der Waals surface area contributed by atoms with Gasteiger partial charge in [-0.05, 0) is 6.92 Å². The number of primary amides is 1. The predicted molar refractivity (Wildman–Crippen MR) is 34.1 cm³/mol. The van der Waals surface area contributed by atoms with Gasteiger partial charge in [-0.2, -0.15) is 0 Å². The van der Waals surface area contributed by atoms with Gasteiger partial charge in [-0.15, -0.1) is 0 Å². The summed E-state index contributed by atoms with van der Waals surface area (Å²) in [5.41, 5.74) is 6.42. The molecule has 1 aromatic heterocycles. The van der Waals surface area contributed by atoms with Gasteiger partial charge < -0.3 is 10.3 Å². The Morgan fingerprint density at radius 1 is 1.90 bits per heavy atom. The van der Waals surface area contributed by atoms with Crippen LogP contribution in [-0.2, 0) is 11.2 Å². The zero-order valence-corrected chi connectivity index (χ0v) is 5.63. The maximum atomic E-state index is 10.4. The summed E-state index contributed by atoms with van der Waals surface area (Å²) in [6.07, 6.45) is 1.63. The minimum atomic E-state index is -0.369. The van der Waals surface area contributed by atoms with Gasteiger partial charge in [0.2, 0.25) is 5.91 Å². The second kappa shape index (κ2) is 2.51. The molecule has 1 amide bonds. The van der Waals surface area contributed by atoms with Crippen LogP contribution >= 0.6 is 0 Å². The van der Waals surface area contributed by atoms with Crippen LogP contribution in [0.1, 0.15) is 11.3 Å². The Morgan fingerprint density at radius 2 is 2.60 bits per heavy atom. The van der Waals surface area contributed by atoms with Crippen molar-refractivity contribution in [3.8, 4) is 0 Å². The number of aryl methyl sites for hydroxylation is 1. The van der Waals surface area contributed by atoms with Crippen molar-refractivity contribution < 1.29 is 9.32 Å². The SMILES string of the molecule is Cc1nocc1CC(N)=O. The van der Waals surface area contributed by atoms with E-state index in [2.05, 4.69) is 9.68 Å². The van der Waals surface area contributed by atoms with Gasteiger partial charge in [-0.3, -0.25) is 4.79 Å². The zero-order valence-electron chi connectivity index (χ0n) is 5.63. The van der Waals surface area contributed by atoms with Crippen LogP contribution in [0, 0.1) is 6.92 Å². The molecule has 0 aromatic carbocycles. The maximum absolute atomic E-state index is 10.4. The van der Waals surface area contributed by atoms with Gasteiger partial charge in [-0.25, -0.2) is 0 Å². The average Bonchev–Trinajstić information content (AvgIpc) is 2.15. The third kappa shape index (κ3) is 1.34. The van der Waals surface area contributed by atoms with E-state index >= 15 is 0 Å². The van der Waals surface area contributed by atoms with Crippen LogP contribution in [0.2, 0.25) is 0 Å². The Kier molecular flexibility index (Phi) is 1.71. The number of hydrogen-bond acceptors (Lipinski definition) is 3. The zero-order chi connectivity index (χ0) is 7.56. The van der Waals surface area contributed by atoms with Crippen molar-refractivity contribution in [3.05, 3.63) is 17.5 Å². The quantitative estimate of drug-likeness (QED) is 0.629. The molecular formula is C6H8N2O2. The van der Waals surface area contributed by atoms with Crippen molar-refractivity contribution in [2.45, 2.75) is 13.3 Å². The van der Waals surface area contributed by atoms with Gasteiger partial charge in [-0.1, -0.05) is 5.16 Å². The molecule has 10 heavy (non-hydrogen) atoms. The second-order valence-corrected chi connectivity index (χ2v) is 2.07. The number of aromatic nitrogens is 1. The van der Waals surface area contributed by atoms with Crippen LogP contribution in [0.25, 0.3) is 0 Å². The molecule has 0 aliphatic carbocycles. The molecule has 0 fully saturated rings. The lowest BCUT2D eigenvalue weighted by Gasteiger charge is -1.88. The number of nitrogens with two attached hydrogens (primary N) is 1. The van der Waals surface area contributed by atoms with Gasteiger partial charge in [0.05, 0.1) is 12.1 Å². The van der Waals surface area contributed by atoms with E-state index in [1.807, 2.05) is 0 Å². The van der Waals surface area contributed by atoms with Gasteiger partial charge in [0.25, 0.3) is 0 Å². The largest absolute Gasteiger partial charge is 0.369 e. The van der Waals surface area contributed by atoms with Crippen molar-refractivity contribution in [3.63, 3.8) is 0 Å². The molecule has 0 unspecified atom stereocenters. The normalized spacial score (nSPS) is 9.70. The third-order valence-electron chi connectivity index (χ3n) is 1.21. The fraction of sp³-hybridized carbons (Fsp3) is 0.333. The second-order valence-electron chi connectivity index (χ2n) is 2.07. The molecule has 4 nitrogen and oxygen atoms in total. The Morgan fingerprint density at radius 3 is 3.00 bits per heavy atom. The first-order valence-corrected chi connectivity index (χ1v) is 2.88. The first-order valence-electron chi connectivity index (χ1n) is 2.88. The van der Waals surface area contributed by atoms with Crippen LogP contribution in [0.5, 0.6) is 0 Å². The van der Waals surface area contributed by atoms with Crippen molar-refractivity contribution in [1.29, 1.82) is 0 Å². The third-order valence-corrected chi connectivity index (χ3v) is 1.21. The van der Waals surface area contributed by atoms with E-state index in [4.69, 9.17) is 5.73 Å². The highest BCUT2D eigenvalue weighted by Gasteiger charge is 2.04. The highest BCUT2D eigenvalue weighted by molar-refractivity contribution is 5.76. The monoisotopic (exact) mass is 140 g/mol. The Hall–Kier alpha value is -1.32. The van der Waals surface area contributed by atoms with E-state index < -0.39 is 0 Å². The highest BCUT2D eigenvalue weighted by atomic mass is 16.5. The molecule has 1 rings (SSSR count). The molecular weight excluding hydrogens is 132 g/mol. The summed E-state index contributed by atoms with van der Waals surface area (Å²) in [5.74, 6) is -0.369. The fourth-order valence-electron chi connectivity index (χ4n) is 0.670. The number of carbonyl (C=O) groups is 1. The molecule has 0 saturated carbocycles. The lowest BCUT2D eigenvalue weighted by Crippen LogP contribution is -2.13. The van der Waals surface area contributed by atoms with Crippen molar-refractivity contribution in [1.82, 2.24) is 5.16 Å². The first kappa shape index (κ1) is 6.80. The molecule has 0 aliphatic heterocycles. The lowest BCUT2D eigenvalue weighted by atomic mass is 10.2. The molecule has 0 spiro atoms. The molecule has 4 heteroatoms. The summed E-state index contributed by atoms with van der Waals surface area (Å²) in [6, 6.07) is 0. The minimum Gasteiger partial charge on any atom is -0.369 e. The predicted octanol–water partition coefficient (Wildman–Crippen LogP) is 0.0108. The van der Waals surface area contributed by atoms with Crippen molar-refractivity contribution in [2.24, 2.45) is 5.73 Å². The van der Waals surface area contributed by atoms with Crippen LogP contribution in [-0.4, -0.2) is 11.1 Å². The summed E-state index contributed by atoms with van der Waals surface area (Å²) in [6.45, 7) is 1.77. The highest BCUT2D eigenvalue weighted by Crippen LogP contribution is 2.04. The number of carbonyl (C=O) groups excluding carboxylic acids is 1. The Bertz CT molecular complexity index is 242. The molecule has 0 bridgehead atoms. The van der Waals surface area contributed by atoms with E-state index in [0.29, 0.717) is 0 Å². The Balaban J connectivity index is 2.74. The lowest BCUT2D eigenvalue weighted by molar-refractivity contribution is -0.117. The van der Waals surface area contributed by atoms with Gasteiger partial charge in [0.1, 0.15) is 6.26 Å². The van der Waals surface area contributed by atoms with Crippen LogP contribution < -0.4 is 5.73 Å². The van der Waals surface area contributed by atoms with Crippen molar-refractivity contribution >= 4 is 5.91 Å². The molecule has 0 aliphatic rings. The van der Waals surface area contributed by atoms with E-state index in [-0.39, 0.29) is 12.3 Å². The summed E-state index contributed by atoms with van der Waals surface area (Å²) in [7, 11) is 0. The number of amides is 1. The molecule has 2 N–H and O–H groups in total. The van der Waals surface area contributed by atoms with E-state index in [1.54, 1.807) is 6.92 Å². The first-order chi connectivity index (χ1) is 4.70. The van der Waals surface area contributed by atoms with Gasteiger partial charge in [0, 0.05) is 5.56 Å². The summed E-state index contributed by atoms with van der Waals surface area (Å²) in [4.78, 5) is 10.4. The summed E-state index contributed by atoms with van der Waals surface area (Å²) in [5, 5.41) is 3.59. The average molecular weight is 140 g/mol. The fourth-order valence-corrected chi connectivity index (χ4v) is 0.670. The maximum Gasteiger partial charge on any atom is 0.222 e. The molecule has 1 heterocycles. The smallest absolute Gasteiger partial charge is 0.222 e. The van der Waals surface area contributed by atoms with Gasteiger partial charge >= 0.3 is 0 Å². The molecule has 0 saturated heterocycles. The molecule has 1 aromatic rings. The van der Waals surface area contributed by atoms with Crippen LogP contribution in [0.3, 0.4) is 0 Å². The van der Waals surface area contributed by atoms with E-state index in [1.165, 1.54) is 6.26 Å². The Labute approximate surface area is 58.0 Å². The molecule has 0 atom stereocenters. The van der Waals surface area contributed by atoms with Crippen LogP contribution in [0.15, 0.2) is 10.8 Å². The molecule has 54 valence electrons. The van der Waals surface area contributed by atoms with Crippen molar-refractivity contribution in [2.75, 3.05) is 0 Å². The van der Waals surface area contributed by atoms with E-state index in [9.17, 15) is 4.79 Å². The number of rotatable bonds is 2. The topological polar surface area (TPSA) is 69.1 Å². The number of hydrogen-bond donors (Lipinski definition) is 1. The minimum absolute atomic E-state index is 0.204. The van der Waals surface area contributed by atoms with Gasteiger partial charge in [0.15, 0.2) is 0 Å². The number of nitrogens with zero attached hydrogens (tertiary/aromatic N) is 1. The van der Waals surface area contributed by atoms with E-state index in [0.717, 1.165) is 11.3 Å². The standard InChI is InChI=1S/C6H8N2O2/c1-4-5(2-6(7)9)3-10-8-4/h3H,2H2,1H3,(H2,7,9). The molecule has 0 radical (unpaired) electrons. The summed E-state index contributed by atoms with van der Waals surface area (Å²) >= 11 is 0.